The van der Waals surface area contributed by atoms with Gasteiger partial charge in [0.15, 0.2) is 0 Å². The van der Waals surface area contributed by atoms with E-state index in [4.69, 9.17) is 19.1 Å². The van der Waals surface area contributed by atoms with Gasteiger partial charge in [-0.1, -0.05) is 47.6 Å². The van der Waals surface area contributed by atoms with E-state index in [1.54, 1.807) is 12.1 Å². The lowest BCUT2D eigenvalue weighted by atomic mass is 10.1. The summed E-state index contributed by atoms with van der Waals surface area (Å²) in [4.78, 5) is 21.0. The fourth-order valence-corrected chi connectivity index (χ4v) is 3.39. The number of hydrogen-bond donors (Lipinski definition) is 1. The molecular weight excluding hydrogens is 463 g/mol. The smallest absolute Gasteiger partial charge is 0.303 e. The monoisotopic (exact) mass is 488 g/mol. The number of ether oxygens (including phenoxy) is 1. The number of rotatable bonds is 11. The molecule has 0 unspecified atom stereocenters. The number of halogens is 1. The highest BCUT2D eigenvalue weighted by atomic mass is 19.1. The Bertz CT molecular complexity index is 1320. The minimum atomic E-state index is -0.947. The van der Waals surface area contributed by atoms with Crippen molar-refractivity contribution in [1.29, 1.82) is 0 Å². The Morgan fingerprint density at radius 2 is 1.69 bits per heavy atom. The summed E-state index contributed by atoms with van der Waals surface area (Å²) in [6.07, 6.45) is 0.0602. The molecule has 1 heterocycles. The van der Waals surface area contributed by atoms with Gasteiger partial charge in [0.05, 0.1) is 12.1 Å². The molecule has 0 aliphatic rings. The summed E-state index contributed by atoms with van der Waals surface area (Å²) in [7, 11) is 0. The molecule has 0 atom stereocenters. The second-order valence-electron chi connectivity index (χ2n) is 8.03. The summed E-state index contributed by atoms with van der Waals surface area (Å²) in [5.74, 6) is 0.603. The summed E-state index contributed by atoms with van der Waals surface area (Å²) < 4.78 is 24.9. The molecule has 1 N–H and O–H groups in total. The fourth-order valence-electron chi connectivity index (χ4n) is 3.39. The SMILES string of the molecule is Cc1oc(-c2ccccc2)nc1COc1ccc(CON=C(CCC(=O)O)c2ccc(F)cc2)cc1. The normalized spacial score (nSPS) is 11.3. The molecule has 184 valence electrons. The number of hydrogen-bond acceptors (Lipinski definition) is 6. The largest absolute Gasteiger partial charge is 0.487 e. The van der Waals surface area contributed by atoms with Gasteiger partial charge in [-0.25, -0.2) is 9.37 Å². The molecule has 0 radical (unpaired) electrons. The van der Waals surface area contributed by atoms with Crippen LogP contribution in [0.25, 0.3) is 11.5 Å². The summed E-state index contributed by atoms with van der Waals surface area (Å²) in [5.41, 5.74) is 3.54. The van der Waals surface area contributed by atoms with E-state index in [2.05, 4.69) is 10.1 Å². The molecule has 0 aliphatic heterocycles. The van der Waals surface area contributed by atoms with E-state index >= 15 is 0 Å². The first-order chi connectivity index (χ1) is 17.5. The van der Waals surface area contributed by atoms with Crippen LogP contribution in [-0.2, 0) is 22.8 Å². The Kier molecular flexibility index (Phi) is 8.08. The van der Waals surface area contributed by atoms with Gasteiger partial charge in [-0.2, -0.15) is 0 Å². The van der Waals surface area contributed by atoms with Crippen LogP contribution in [-0.4, -0.2) is 21.8 Å². The Morgan fingerprint density at radius 3 is 2.39 bits per heavy atom. The molecular formula is C28H25FN2O5. The van der Waals surface area contributed by atoms with Gasteiger partial charge in [-0.3, -0.25) is 4.79 Å². The number of aliphatic carboxylic acids is 1. The average Bonchev–Trinajstić information content (AvgIpc) is 3.27. The van der Waals surface area contributed by atoms with Gasteiger partial charge >= 0.3 is 5.97 Å². The number of nitrogens with zero attached hydrogens (tertiary/aromatic N) is 2. The zero-order valence-corrected chi connectivity index (χ0v) is 19.7. The number of carbonyl (C=O) groups is 1. The molecule has 0 fully saturated rings. The Hall–Kier alpha value is -4.46. The molecule has 0 bridgehead atoms. The number of carboxylic acids is 1. The third kappa shape index (κ3) is 6.79. The number of benzene rings is 3. The molecule has 3 aromatic carbocycles. The van der Waals surface area contributed by atoms with Crippen LogP contribution in [0.15, 0.2) is 88.4 Å². The van der Waals surface area contributed by atoms with E-state index in [-0.39, 0.29) is 31.9 Å². The fraction of sp³-hybridized carbons (Fsp3) is 0.179. The molecule has 4 rings (SSSR count). The van der Waals surface area contributed by atoms with Crippen LogP contribution in [0.1, 0.15) is 35.4 Å². The molecule has 1 aromatic heterocycles. The maximum atomic E-state index is 13.2. The van der Waals surface area contributed by atoms with Crippen LogP contribution in [0.4, 0.5) is 4.39 Å². The van der Waals surface area contributed by atoms with Crippen molar-refractivity contribution in [2.45, 2.75) is 33.0 Å². The summed E-state index contributed by atoms with van der Waals surface area (Å²) in [6.45, 7) is 2.31. The van der Waals surface area contributed by atoms with Crippen molar-refractivity contribution in [2.75, 3.05) is 0 Å². The van der Waals surface area contributed by atoms with Gasteiger partial charge in [0.2, 0.25) is 5.89 Å². The molecule has 0 aliphatic carbocycles. The lowest BCUT2D eigenvalue weighted by Crippen LogP contribution is -2.06. The Labute approximate surface area is 207 Å². The number of oxime groups is 1. The van der Waals surface area contributed by atoms with Gasteiger partial charge < -0.3 is 19.1 Å². The topological polar surface area (TPSA) is 94.2 Å². The Balaban J connectivity index is 1.33. The van der Waals surface area contributed by atoms with Crippen LogP contribution in [0, 0.1) is 12.7 Å². The van der Waals surface area contributed by atoms with Crippen molar-refractivity contribution in [1.82, 2.24) is 4.98 Å². The lowest BCUT2D eigenvalue weighted by molar-refractivity contribution is -0.136. The Morgan fingerprint density at radius 1 is 0.972 bits per heavy atom. The first kappa shape index (κ1) is 24.7. The van der Waals surface area contributed by atoms with E-state index in [1.165, 1.54) is 12.1 Å². The van der Waals surface area contributed by atoms with Crippen molar-refractivity contribution in [3.63, 3.8) is 0 Å². The van der Waals surface area contributed by atoms with E-state index in [9.17, 15) is 9.18 Å². The summed E-state index contributed by atoms with van der Waals surface area (Å²) in [6, 6.07) is 22.7. The molecule has 8 heteroatoms. The molecule has 7 nitrogen and oxygen atoms in total. The van der Waals surface area contributed by atoms with Gasteiger partial charge in [-0.05, 0) is 54.4 Å². The van der Waals surface area contributed by atoms with Crippen molar-refractivity contribution in [2.24, 2.45) is 5.16 Å². The van der Waals surface area contributed by atoms with Crippen molar-refractivity contribution >= 4 is 11.7 Å². The van der Waals surface area contributed by atoms with Gasteiger partial charge in [0, 0.05) is 12.0 Å². The molecule has 4 aromatic rings. The first-order valence-electron chi connectivity index (χ1n) is 11.4. The second kappa shape index (κ2) is 11.8. The maximum Gasteiger partial charge on any atom is 0.303 e. The molecule has 0 saturated heterocycles. The van der Waals surface area contributed by atoms with Crippen LogP contribution >= 0.6 is 0 Å². The summed E-state index contributed by atoms with van der Waals surface area (Å²) >= 11 is 0. The van der Waals surface area contributed by atoms with Crippen LogP contribution in [0.5, 0.6) is 5.75 Å². The third-order valence-corrected chi connectivity index (χ3v) is 5.37. The summed E-state index contributed by atoms with van der Waals surface area (Å²) in [5, 5.41) is 13.1. The maximum absolute atomic E-state index is 13.2. The predicted octanol–water partition coefficient (Wildman–Crippen LogP) is 6.15. The minimum Gasteiger partial charge on any atom is -0.487 e. The average molecular weight is 489 g/mol. The highest BCUT2D eigenvalue weighted by Crippen LogP contribution is 2.23. The predicted molar refractivity (Wildman–Crippen MR) is 132 cm³/mol. The van der Waals surface area contributed by atoms with E-state index in [1.807, 2.05) is 61.5 Å². The zero-order valence-electron chi connectivity index (χ0n) is 19.7. The van der Waals surface area contributed by atoms with Gasteiger partial charge in [0.25, 0.3) is 0 Å². The third-order valence-electron chi connectivity index (χ3n) is 5.37. The number of oxazole rings is 1. The number of aromatic nitrogens is 1. The molecule has 0 saturated carbocycles. The lowest BCUT2D eigenvalue weighted by Gasteiger charge is -2.08. The second-order valence-corrected chi connectivity index (χ2v) is 8.03. The van der Waals surface area contributed by atoms with Crippen LogP contribution < -0.4 is 4.74 Å². The standard InChI is InChI=1S/C28H25FN2O5/c1-19-26(30-28(36-19)22-5-3-2-4-6-22)18-34-24-13-7-20(8-14-24)17-35-31-25(15-16-27(32)33)21-9-11-23(29)12-10-21/h2-14H,15-18H2,1H3,(H,32,33). The van der Waals surface area contributed by atoms with E-state index in [0.29, 0.717) is 28.7 Å². The minimum absolute atomic E-state index is 0.108. The van der Waals surface area contributed by atoms with Crippen molar-refractivity contribution < 1.29 is 28.3 Å². The number of carboxylic acid groups (broad SMARTS) is 1. The number of aryl methyl sites for hydroxylation is 1. The van der Waals surface area contributed by atoms with E-state index < -0.39 is 5.97 Å². The van der Waals surface area contributed by atoms with Gasteiger partial charge in [0.1, 0.15) is 36.2 Å². The van der Waals surface area contributed by atoms with Crippen LogP contribution in [0.2, 0.25) is 0 Å². The van der Waals surface area contributed by atoms with Gasteiger partial charge in [-0.15, -0.1) is 0 Å². The zero-order chi connectivity index (χ0) is 25.3. The molecule has 0 spiro atoms. The quantitative estimate of drug-likeness (QED) is 0.201. The van der Waals surface area contributed by atoms with E-state index in [0.717, 1.165) is 16.8 Å². The first-order valence-corrected chi connectivity index (χ1v) is 11.4. The molecule has 36 heavy (non-hydrogen) atoms. The van der Waals surface area contributed by atoms with Crippen molar-refractivity contribution in [3.05, 3.63) is 107 Å². The molecule has 0 amide bonds. The van der Waals surface area contributed by atoms with Crippen molar-refractivity contribution in [3.8, 4) is 17.2 Å². The highest BCUT2D eigenvalue weighted by Gasteiger charge is 2.12. The highest BCUT2D eigenvalue weighted by molar-refractivity contribution is 6.01. The van der Waals surface area contributed by atoms with Crippen LogP contribution in [0.3, 0.4) is 0 Å².